The van der Waals surface area contributed by atoms with Gasteiger partial charge in [-0.25, -0.2) is 4.68 Å². The normalized spacial score (nSPS) is 20.6. The summed E-state index contributed by atoms with van der Waals surface area (Å²) >= 11 is 0. The van der Waals surface area contributed by atoms with Gasteiger partial charge in [-0.05, 0) is 31.2 Å². The smallest absolute Gasteiger partial charge is 0.269 e. The molecule has 4 rings (SSSR count). The zero-order chi connectivity index (χ0) is 21.5. The van der Waals surface area contributed by atoms with Crippen LogP contribution >= 0.6 is 0 Å². The van der Waals surface area contributed by atoms with Crippen LogP contribution in [0, 0.1) is 5.92 Å². The Morgan fingerprint density at radius 3 is 2.48 bits per heavy atom. The summed E-state index contributed by atoms with van der Waals surface area (Å²) in [4.78, 5) is 27.7. The van der Waals surface area contributed by atoms with Gasteiger partial charge in [0.2, 0.25) is 5.91 Å². The summed E-state index contributed by atoms with van der Waals surface area (Å²) in [5.41, 5.74) is 1.76. The zero-order valence-corrected chi connectivity index (χ0v) is 18.3. The Bertz CT molecular complexity index is 903. The SMILES string of the molecule is O=C(NC1CCCCCCC1)C1CCCN(c2cnn(Cc3ccccc3)c(=O)c2)C1. The first-order chi connectivity index (χ1) is 15.2. The van der Waals surface area contributed by atoms with E-state index in [2.05, 4.69) is 15.3 Å². The maximum Gasteiger partial charge on any atom is 0.269 e. The van der Waals surface area contributed by atoms with Crippen LogP contribution in [0.1, 0.15) is 63.4 Å². The molecule has 1 saturated heterocycles. The number of nitrogens with zero attached hydrogens (tertiary/aromatic N) is 3. The van der Waals surface area contributed by atoms with Crippen molar-refractivity contribution in [3.8, 4) is 0 Å². The van der Waals surface area contributed by atoms with Crippen molar-refractivity contribution in [1.82, 2.24) is 15.1 Å². The fourth-order valence-electron chi connectivity index (χ4n) is 4.82. The van der Waals surface area contributed by atoms with Crippen LogP contribution in [0.4, 0.5) is 5.69 Å². The van der Waals surface area contributed by atoms with Crippen LogP contribution in [0.2, 0.25) is 0 Å². The Morgan fingerprint density at radius 2 is 1.74 bits per heavy atom. The van der Waals surface area contributed by atoms with E-state index in [4.69, 9.17) is 0 Å². The number of benzene rings is 1. The van der Waals surface area contributed by atoms with Crippen molar-refractivity contribution in [2.24, 2.45) is 5.92 Å². The minimum atomic E-state index is -0.109. The average Bonchev–Trinajstić information content (AvgIpc) is 2.77. The van der Waals surface area contributed by atoms with Crippen molar-refractivity contribution in [1.29, 1.82) is 0 Å². The molecule has 1 aliphatic carbocycles. The van der Waals surface area contributed by atoms with Crippen LogP contribution in [0.5, 0.6) is 0 Å². The number of hydrogen-bond donors (Lipinski definition) is 1. The molecule has 1 unspecified atom stereocenters. The molecule has 1 aromatic heterocycles. The summed E-state index contributed by atoms with van der Waals surface area (Å²) in [5, 5.41) is 7.72. The predicted molar refractivity (Wildman–Crippen MR) is 123 cm³/mol. The Morgan fingerprint density at radius 1 is 1.00 bits per heavy atom. The van der Waals surface area contributed by atoms with Gasteiger partial charge in [-0.15, -0.1) is 0 Å². The summed E-state index contributed by atoms with van der Waals surface area (Å²) < 4.78 is 1.49. The molecule has 0 spiro atoms. The molecule has 0 bridgehead atoms. The zero-order valence-electron chi connectivity index (χ0n) is 18.3. The predicted octanol–water partition coefficient (Wildman–Crippen LogP) is 3.74. The van der Waals surface area contributed by atoms with E-state index < -0.39 is 0 Å². The molecule has 2 aromatic rings. The maximum atomic E-state index is 12.9. The number of rotatable bonds is 5. The van der Waals surface area contributed by atoms with Gasteiger partial charge in [0.1, 0.15) is 0 Å². The van der Waals surface area contributed by atoms with Crippen molar-refractivity contribution >= 4 is 11.6 Å². The van der Waals surface area contributed by atoms with Gasteiger partial charge in [0, 0.05) is 25.2 Å². The summed E-state index contributed by atoms with van der Waals surface area (Å²) in [7, 11) is 0. The molecule has 1 N–H and O–H groups in total. The second kappa shape index (κ2) is 10.6. The molecule has 2 heterocycles. The molecule has 166 valence electrons. The summed E-state index contributed by atoms with van der Waals surface area (Å²) in [6.07, 6.45) is 12.2. The van der Waals surface area contributed by atoms with E-state index >= 15 is 0 Å². The van der Waals surface area contributed by atoms with Gasteiger partial charge in [-0.2, -0.15) is 5.10 Å². The highest BCUT2D eigenvalue weighted by molar-refractivity contribution is 5.80. The average molecular weight is 423 g/mol. The van der Waals surface area contributed by atoms with Crippen molar-refractivity contribution in [3.05, 3.63) is 58.5 Å². The van der Waals surface area contributed by atoms with Crippen molar-refractivity contribution in [2.45, 2.75) is 70.4 Å². The molecule has 2 fully saturated rings. The molecule has 6 nitrogen and oxygen atoms in total. The topological polar surface area (TPSA) is 67.2 Å². The van der Waals surface area contributed by atoms with E-state index in [0.29, 0.717) is 19.1 Å². The Labute approximate surface area is 184 Å². The van der Waals surface area contributed by atoms with Gasteiger partial charge in [-0.1, -0.05) is 62.4 Å². The first-order valence-electron chi connectivity index (χ1n) is 11.9. The van der Waals surface area contributed by atoms with Crippen LogP contribution in [-0.4, -0.2) is 34.8 Å². The molecule has 1 atom stereocenters. The van der Waals surface area contributed by atoms with Crippen LogP contribution in [0.25, 0.3) is 0 Å². The van der Waals surface area contributed by atoms with E-state index in [1.54, 1.807) is 12.3 Å². The number of nitrogens with one attached hydrogen (secondary N) is 1. The van der Waals surface area contributed by atoms with E-state index in [0.717, 1.165) is 43.5 Å². The van der Waals surface area contributed by atoms with Crippen LogP contribution < -0.4 is 15.8 Å². The van der Waals surface area contributed by atoms with Gasteiger partial charge < -0.3 is 10.2 Å². The monoisotopic (exact) mass is 422 g/mol. The van der Waals surface area contributed by atoms with Crippen LogP contribution in [0.15, 0.2) is 47.4 Å². The highest BCUT2D eigenvalue weighted by Crippen LogP contribution is 2.23. The van der Waals surface area contributed by atoms with Crippen LogP contribution in [-0.2, 0) is 11.3 Å². The minimum absolute atomic E-state index is 0.0223. The van der Waals surface area contributed by atoms with Crippen molar-refractivity contribution in [3.63, 3.8) is 0 Å². The van der Waals surface area contributed by atoms with E-state index in [1.165, 1.54) is 36.8 Å². The van der Waals surface area contributed by atoms with Crippen molar-refractivity contribution < 1.29 is 4.79 Å². The van der Waals surface area contributed by atoms with Crippen molar-refractivity contribution in [2.75, 3.05) is 18.0 Å². The second-order valence-electron chi connectivity index (χ2n) is 9.03. The number of piperidine rings is 1. The first kappa shape index (κ1) is 21.6. The van der Waals surface area contributed by atoms with Gasteiger partial charge in [0.15, 0.2) is 0 Å². The molecule has 1 amide bonds. The summed E-state index contributed by atoms with van der Waals surface area (Å²) in [5.74, 6) is 0.159. The number of hydrogen-bond acceptors (Lipinski definition) is 4. The summed E-state index contributed by atoms with van der Waals surface area (Å²) in [6.45, 7) is 1.98. The maximum absolute atomic E-state index is 12.9. The Balaban J connectivity index is 1.37. The van der Waals surface area contributed by atoms with E-state index in [9.17, 15) is 9.59 Å². The third-order valence-corrected chi connectivity index (χ3v) is 6.64. The van der Waals surface area contributed by atoms with Crippen LogP contribution in [0.3, 0.4) is 0 Å². The Kier molecular flexibility index (Phi) is 7.39. The number of carbonyl (C=O) groups is 1. The van der Waals surface area contributed by atoms with Gasteiger partial charge in [0.05, 0.1) is 24.3 Å². The number of anilines is 1. The molecular weight excluding hydrogens is 388 g/mol. The van der Waals surface area contributed by atoms with E-state index in [1.807, 2.05) is 30.3 Å². The molecule has 1 aromatic carbocycles. The molecule has 1 saturated carbocycles. The summed E-state index contributed by atoms with van der Waals surface area (Å²) in [6, 6.07) is 11.9. The molecule has 2 aliphatic rings. The molecule has 1 aliphatic heterocycles. The third kappa shape index (κ3) is 5.96. The molecule has 6 heteroatoms. The minimum Gasteiger partial charge on any atom is -0.369 e. The third-order valence-electron chi connectivity index (χ3n) is 6.64. The first-order valence-corrected chi connectivity index (χ1v) is 11.9. The van der Waals surface area contributed by atoms with Gasteiger partial charge in [0.25, 0.3) is 5.56 Å². The lowest BCUT2D eigenvalue weighted by molar-refractivity contribution is -0.126. The fourth-order valence-corrected chi connectivity index (χ4v) is 4.82. The largest absolute Gasteiger partial charge is 0.369 e. The fraction of sp³-hybridized carbons (Fsp3) is 0.560. The number of carbonyl (C=O) groups excluding carboxylic acids is 1. The molecule has 31 heavy (non-hydrogen) atoms. The quantitative estimate of drug-likeness (QED) is 0.797. The highest BCUT2D eigenvalue weighted by Gasteiger charge is 2.28. The second-order valence-corrected chi connectivity index (χ2v) is 9.03. The highest BCUT2D eigenvalue weighted by atomic mass is 16.2. The molecular formula is C25H34N4O2. The lowest BCUT2D eigenvalue weighted by Gasteiger charge is -2.34. The van der Waals surface area contributed by atoms with E-state index in [-0.39, 0.29) is 17.4 Å². The molecule has 0 radical (unpaired) electrons. The Hall–Kier alpha value is -2.63. The number of amides is 1. The van der Waals surface area contributed by atoms with Gasteiger partial charge in [-0.3, -0.25) is 9.59 Å². The lowest BCUT2D eigenvalue weighted by atomic mass is 9.93. The standard InChI is InChI=1S/C25H34N4O2/c30-24-16-23(17-26-29(24)18-20-10-5-4-6-11-20)28-15-9-12-21(19-28)25(31)27-22-13-7-2-1-3-8-14-22/h4-6,10-11,16-17,21-22H,1-3,7-9,12-15,18-19H2,(H,27,31). The van der Waals surface area contributed by atoms with Gasteiger partial charge >= 0.3 is 0 Å². The number of aromatic nitrogens is 2. The lowest BCUT2D eigenvalue weighted by Crippen LogP contribution is -2.46.